The summed E-state index contributed by atoms with van der Waals surface area (Å²) in [6.07, 6.45) is 9.53. The highest BCUT2D eigenvalue weighted by molar-refractivity contribution is 5.95. The van der Waals surface area contributed by atoms with Crippen molar-refractivity contribution in [1.29, 1.82) is 0 Å². The smallest absolute Gasteiger partial charge is 0.331 e. The normalized spacial score (nSPS) is 44.2. The minimum Gasteiger partial charge on any atom is -0.469 e. The summed E-state index contributed by atoms with van der Waals surface area (Å²) in [5, 5.41) is 39.4. The van der Waals surface area contributed by atoms with Gasteiger partial charge in [0.2, 0.25) is 0 Å². The number of cyclic esters (lactones) is 1. The molecule has 4 saturated carbocycles. The molecule has 0 unspecified atom stereocenters. The lowest BCUT2D eigenvalue weighted by atomic mass is 9.41. The van der Waals surface area contributed by atoms with E-state index in [0.717, 1.165) is 24.8 Å². The maximum Gasteiger partial charge on any atom is 0.331 e. The lowest BCUT2D eigenvalue weighted by molar-refractivity contribution is -0.237. The first-order valence-corrected chi connectivity index (χ1v) is 13.9. The number of hydrazone groups is 1. The molecule has 8 atom stereocenters. The van der Waals surface area contributed by atoms with Crippen molar-refractivity contribution >= 4 is 18.1 Å². The molecule has 4 aliphatic carbocycles. The number of esters is 1. The van der Waals surface area contributed by atoms with Crippen LogP contribution in [-0.2, 0) is 9.53 Å². The van der Waals surface area contributed by atoms with Gasteiger partial charge >= 0.3 is 5.97 Å². The van der Waals surface area contributed by atoms with Crippen molar-refractivity contribution in [3.63, 3.8) is 0 Å². The standard InChI is InChI=1S/C29H38N2O7/c1-17-20(7-12-37-17)25(34)31-30-16-27-9-3-19(32)14-28(27,35)10-5-23-22(27)4-8-26(2)21(6-11-29(23,26)36)18-13-24(33)38-15-18/h7,12-13,16,19,21-23,32,35-36H,3-6,8-11,14-15H2,1-2H3,(H,31,34)/b30-16-/t19-,21+,22+,23-,26-,27+,28-,29+/m1/s1. The van der Waals surface area contributed by atoms with Gasteiger partial charge in [-0.25, -0.2) is 10.2 Å². The summed E-state index contributed by atoms with van der Waals surface area (Å²) in [7, 11) is 0. The van der Waals surface area contributed by atoms with Gasteiger partial charge in [0.05, 0.1) is 29.1 Å². The fraction of sp³-hybridized carbons (Fsp3) is 0.690. The largest absolute Gasteiger partial charge is 0.469 e. The number of rotatable bonds is 4. The Balaban J connectivity index is 1.33. The Hall–Kier alpha value is -2.49. The van der Waals surface area contributed by atoms with E-state index in [1.165, 1.54) is 6.26 Å². The van der Waals surface area contributed by atoms with Crippen molar-refractivity contribution < 1.29 is 34.1 Å². The maximum atomic E-state index is 12.7. The monoisotopic (exact) mass is 526 g/mol. The molecule has 206 valence electrons. The van der Waals surface area contributed by atoms with E-state index in [1.807, 2.05) is 0 Å². The van der Waals surface area contributed by atoms with Crippen LogP contribution in [0.2, 0.25) is 0 Å². The van der Waals surface area contributed by atoms with Gasteiger partial charge in [-0.1, -0.05) is 6.92 Å². The molecule has 1 aromatic rings. The predicted octanol–water partition coefficient (Wildman–Crippen LogP) is 3.02. The SMILES string of the molecule is Cc1occc1C(=O)N/N=C\[C@]12CC[C@@H](O)C[C@]1(O)CC[C@@H]1[C@@H]2CC[C@]2(C)[C@H](C3=CC(=O)OC3)CC[C@]12O. The maximum absolute atomic E-state index is 12.7. The summed E-state index contributed by atoms with van der Waals surface area (Å²) in [6, 6.07) is 1.59. The van der Waals surface area contributed by atoms with Crippen molar-refractivity contribution in [2.24, 2.45) is 33.7 Å². The molecule has 9 nitrogen and oxygen atoms in total. The Morgan fingerprint density at radius 3 is 2.63 bits per heavy atom. The Morgan fingerprint density at radius 2 is 1.92 bits per heavy atom. The molecule has 2 heterocycles. The van der Waals surface area contributed by atoms with Gasteiger partial charge in [-0.15, -0.1) is 0 Å². The second-order valence-electron chi connectivity index (χ2n) is 12.6. The van der Waals surface area contributed by atoms with Crippen LogP contribution in [0.3, 0.4) is 0 Å². The molecule has 9 heteroatoms. The van der Waals surface area contributed by atoms with Gasteiger partial charge in [0.1, 0.15) is 12.4 Å². The number of carbonyl (C=O) groups excluding carboxylic acids is 2. The molecular weight excluding hydrogens is 488 g/mol. The molecule has 4 fully saturated rings. The van der Waals surface area contributed by atoms with Gasteiger partial charge in [0.15, 0.2) is 0 Å². The van der Waals surface area contributed by atoms with Gasteiger partial charge < -0.3 is 24.5 Å². The molecule has 1 aliphatic heterocycles. The number of fused-ring (bicyclic) bond motifs is 5. The van der Waals surface area contributed by atoms with Gasteiger partial charge in [-0.3, -0.25) is 4.79 Å². The predicted molar refractivity (Wildman–Crippen MR) is 137 cm³/mol. The topological polar surface area (TPSA) is 142 Å². The third-order valence-electron chi connectivity index (χ3n) is 11.2. The summed E-state index contributed by atoms with van der Waals surface area (Å²) in [6.45, 7) is 4.17. The van der Waals surface area contributed by atoms with Crippen LogP contribution in [0, 0.1) is 35.5 Å². The van der Waals surface area contributed by atoms with Crippen LogP contribution in [0.4, 0.5) is 0 Å². The zero-order chi connectivity index (χ0) is 26.9. The first-order chi connectivity index (χ1) is 18.0. The van der Waals surface area contributed by atoms with Gasteiger partial charge in [0.25, 0.3) is 5.91 Å². The molecule has 1 aromatic heterocycles. The molecule has 0 bridgehead atoms. The van der Waals surface area contributed by atoms with E-state index >= 15 is 0 Å². The zero-order valence-corrected chi connectivity index (χ0v) is 22.1. The van der Waals surface area contributed by atoms with E-state index in [4.69, 9.17) is 9.15 Å². The number of carbonyl (C=O) groups is 2. The number of amides is 1. The van der Waals surface area contributed by atoms with Crippen molar-refractivity contribution in [2.75, 3.05) is 6.61 Å². The molecule has 5 aliphatic rings. The van der Waals surface area contributed by atoms with E-state index in [1.54, 1.807) is 25.3 Å². The second kappa shape index (κ2) is 8.76. The molecule has 0 spiro atoms. The van der Waals surface area contributed by atoms with Crippen LogP contribution in [0.15, 0.2) is 33.5 Å². The number of hydrogen-bond donors (Lipinski definition) is 4. The summed E-state index contributed by atoms with van der Waals surface area (Å²) in [5.74, 6) is -0.239. The highest BCUT2D eigenvalue weighted by atomic mass is 16.5. The van der Waals surface area contributed by atoms with Gasteiger partial charge in [0, 0.05) is 29.5 Å². The van der Waals surface area contributed by atoms with E-state index in [9.17, 15) is 24.9 Å². The molecule has 38 heavy (non-hydrogen) atoms. The second-order valence-corrected chi connectivity index (χ2v) is 12.6. The van der Waals surface area contributed by atoms with Crippen molar-refractivity contribution in [2.45, 2.75) is 88.9 Å². The summed E-state index contributed by atoms with van der Waals surface area (Å²) < 4.78 is 10.5. The van der Waals surface area contributed by atoms with E-state index in [2.05, 4.69) is 17.5 Å². The third kappa shape index (κ3) is 3.51. The average molecular weight is 527 g/mol. The van der Waals surface area contributed by atoms with Crippen LogP contribution in [0.5, 0.6) is 0 Å². The number of aryl methyl sites for hydroxylation is 1. The Morgan fingerprint density at radius 1 is 1.13 bits per heavy atom. The minimum atomic E-state index is -1.18. The fourth-order valence-electron chi connectivity index (χ4n) is 9.25. The van der Waals surface area contributed by atoms with Crippen LogP contribution in [0.25, 0.3) is 0 Å². The lowest BCUT2D eigenvalue weighted by Gasteiger charge is -2.65. The van der Waals surface area contributed by atoms with Crippen molar-refractivity contribution in [3.05, 3.63) is 35.3 Å². The quantitative estimate of drug-likeness (QED) is 0.268. The first kappa shape index (κ1) is 25.8. The van der Waals surface area contributed by atoms with E-state index < -0.39 is 28.1 Å². The number of ether oxygens (including phenoxy) is 1. The van der Waals surface area contributed by atoms with Crippen LogP contribution >= 0.6 is 0 Å². The number of furan rings is 1. The first-order valence-electron chi connectivity index (χ1n) is 13.9. The average Bonchev–Trinajstić information content (AvgIpc) is 3.56. The van der Waals surface area contributed by atoms with Crippen LogP contribution in [-0.4, -0.2) is 57.3 Å². The van der Waals surface area contributed by atoms with E-state index in [0.29, 0.717) is 50.0 Å². The summed E-state index contributed by atoms with van der Waals surface area (Å²) in [5.41, 5.74) is 0.682. The number of nitrogens with zero attached hydrogens (tertiary/aromatic N) is 1. The van der Waals surface area contributed by atoms with Gasteiger partial charge in [-0.2, -0.15) is 5.10 Å². The molecule has 6 rings (SSSR count). The molecule has 1 amide bonds. The fourth-order valence-corrected chi connectivity index (χ4v) is 9.25. The Kier molecular flexibility index (Phi) is 5.94. The van der Waals surface area contributed by atoms with Crippen LogP contribution in [0.1, 0.15) is 80.8 Å². The van der Waals surface area contributed by atoms with Crippen molar-refractivity contribution in [3.8, 4) is 0 Å². The highest BCUT2D eigenvalue weighted by Crippen LogP contribution is 2.70. The number of nitrogens with one attached hydrogen (secondary N) is 1. The molecule has 0 saturated heterocycles. The Labute approximate surface area is 222 Å². The Bertz CT molecular complexity index is 1210. The number of aliphatic hydroxyl groups excluding tert-OH is 1. The summed E-state index contributed by atoms with van der Waals surface area (Å²) >= 11 is 0. The summed E-state index contributed by atoms with van der Waals surface area (Å²) in [4.78, 5) is 24.5. The van der Waals surface area contributed by atoms with Gasteiger partial charge in [-0.05, 0) is 87.7 Å². The molecule has 4 N–H and O–H groups in total. The van der Waals surface area contributed by atoms with Crippen molar-refractivity contribution in [1.82, 2.24) is 5.43 Å². The highest BCUT2D eigenvalue weighted by Gasteiger charge is 2.71. The molecule has 0 aromatic carbocycles. The van der Waals surface area contributed by atoms with Crippen LogP contribution < -0.4 is 5.43 Å². The zero-order valence-electron chi connectivity index (χ0n) is 22.1. The minimum absolute atomic E-state index is 0.0580. The third-order valence-corrected chi connectivity index (χ3v) is 11.2. The number of aliphatic hydroxyl groups is 3. The molecule has 0 radical (unpaired) electrons. The van der Waals surface area contributed by atoms with E-state index in [-0.39, 0.29) is 36.1 Å². The molecular formula is C29H38N2O7. The lowest BCUT2D eigenvalue weighted by Crippen LogP contribution is -2.68. The number of hydrogen-bond acceptors (Lipinski definition) is 8.